The van der Waals surface area contributed by atoms with Crippen LogP contribution in [0.15, 0.2) is 27.8 Å². The summed E-state index contributed by atoms with van der Waals surface area (Å²) < 4.78 is 5.06. The Morgan fingerprint density at radius 3 is 2.56 bits per heavy atom. The van der Waals surface area contributed by atoms with Crippen molar-refractivity contribution >= 4 is 35.8 Å². The molecule has 0 bridgehead atoms. The average Bonchev–Trinajstić information content (AvgIpc) is 3.07. The number of nitrogens with zero attached hydrogens (tertiary/aromatic N) is 2. The Labute approximate surface area is 179 Å². The van der Waals surface area contributed by atoms with Gasteiger partial charge < -0.3 is 25.3 Å². The average molecular weight is 491 g/mol. The number of carbonyl (C=O) groups excluding carboxylic acids is 1. The second kappa shape index (κ2) is 14.7. The first-order valence-corrected chi connectivity index (χ1v) is 9.86. The summed E-state index contributed by atoms with van der Waals surface area (Å²) in [5, 5.41) is 9.30. The fourth-order valence-electron chi connectivity index (χ4n) is 3.04. The highest BCUT2D eigenvalue weighted by Crippen LogP contribution is 2.09. The lowest BCUT2D eigenvalue weighted by Gasteiger charge is -2.19. The van der Waals surface area contributed by atoms with Gasteiger partial charge in [0, 0.05) is 26.2 Å². The fraction of sp³-hybridized carbons (Fsp3) is 0.684. The molecule has 2 rings (SSSR count). The topological polar surface area (TPSA) is 81.9 Å². The van der Waals surface area contributed by atoms with Gasteiger partial charge in [-0.15, -0.1) is 24.0 Å². The van der Waals surface area contributed by atoms with Crippen LogP contribution in [0.5, 0.6) is 0 Å². The maximum absolute atomic E-state index is 11.8. The molecule has 2 heterocycles. The quantitative estimate of drug-likeness (QED) is 0.214. The van der Waals surface area contributed by atoms with Crippen LogP contribution >= 0.6 is 24.0 Å². The van der Waals surface area contributed by atoms with Crippen LogP contribution in [0.2, 0.25) is 0 Å². The van der Waals surface area contributed by atoms with Gasteiger partial charge in [-0.05, 0) is 58.0 Å². The highest BCUT2D eigenvalue weighted by Gasteiger charge is 2.08. The molecule has 0 spiro atoms. The van der Waals surface area contributed by atoms with E-state index in [1.54, 1.807) is 12.1 Å². The normalized spacial score (nSPS) is 15.5. The SMILES string of the molecule is CCNC(=NCCCN1CCCCCC1)NCCNC(=O)c1ccco1.I. The molecule has 27 heavy (non-hydrogen) atoms. The molecule has 8 heteroatoms. The van der Waals surface area contributed by atoms with Gasteiger partial charge in [0.05, 0.1) is 6.26 Å². The molecular formula is C19H34IN5O2. The van der Waals surface area contributed by atoms with Crippen molar-refractivity contribution in [1.82, 2.24) is 20.9 Å². The van der Waals surface area contributed by atoms with Crippen LogP contribution in [0, 0.1) is 0 Å². The molecule has 0 unspecified atom stereocenters. The second-order valence-corrected chi connectivity index (χ2v) is 6.53. The van der Waals surface area contributed by atoms with Crippen LogP contribution in [0.4, 0.5) is 0 Å². The fourth-order valence-corrected chi connectivity index (χ4v) is 3.04. The van der Waals surface area contributed by atoms with Gasteiger partial charge in [0.1, 0.15) is 0 Å². The van der Waals surface area contributed by atoms with Crippen LogP contribution in [0.1, 0.15) is 49.6 Å². The molecule has 0 aliphatic carbocycles. The number of hydrogen-bond acceptors (Lipinski definition) is 4. The van der Waals surface area contributed by atoms with Crippen molar-refractivity contribution in [2.75, 3.05) is 45.8 Å². The third-order valence-corrected chi connectivity index (χ3v) is 4.39. The Kier molecular flexibility index (Phi) is 13.0. The van der Waals surface area contributed by atoms with Crippen LogP contribution < -0.4 is 16.0 Å². The zero-order valence-electron chi connectivity index (χ0n) is 16.3. The Balaban J connectivity index is 0.00000364. The van der Waals surface area contributed by atoms with Gasteiger partial charge in [-0.25, -0.2) is 0 Å². The number of hydrogen-bond donors (Lipinski definition) is 3. The monoisotopic (exact) mass is 491 g/mol. The predicted molar refractivity (Wildman–Crippen MR) is 120 cm³/mol. The minimum atomic E-state index is -0.198. The third-order valence-electron chi connectivity index (χ3n) is 4.39. The van der Waals surface area contributed by atoms with E-state index in [0.717, 1.165) is 32.0 Å². The molecule has 1 aliphatic rings. The number of guanidine groups is 1. The summed E-state index contributed by atoms with van der Waals surface area (Å²) in [6, 6.07) is 3.35. The van der Waals surface area contributed by atoms with E-state index in [0.29, 0.717) is 18.8 Å². The van der Waals surface area contributed by atoms with Gasteiger partial charge in [-0.2, -0.15) is 0 Å². The summed E-state index contributed by atoms with van der Waals surface area (Å²) in [6.07, 6.45) is 7.98. The van der Waals surface area contributed by atoms with Crippen molar-refractivity contribution in [2.24, 2.45) is 4.99 Å². The molecular weight excluding hydrogens is 457 g/mol. The first-order valence-electron chi connectivity index (χ1n) is 9.86. The molecule has 0 atom stereocenters. The van der Waals surface area contributed by atoms with E-state index >= 15 is 0 Å². The minimum absolute atomic E-state index is 0. The first kappa shape index (κ1) is 23.7. The molecule has 1 aliphatic heterocycles. The molecule has 1 amide bonds. The number of nitrogens with one attached hydrogen (secondary N) is 3. The van der Waals surface area contributed by atoms with E-state index < -0.39 is 0 Å². The van der Waals surface area contributed by atoms with Crippen molar-refractivity contribution in [3.63, 3.8) is 0 Å². The van der Waals surface area contributed by atoms with E-state index in [1.807, 2.05) is 6.92 Å². The number of rotatable bonds is 9. The maximum Gasteiger partial charge on any atom is 0.287 e. The number of aliphatic imine (C=N–C) groups is 1. The Morgan fingerprint density at radius 2 is 1.89 bits per heavy atom. The molecule has 1 aromatic rings. The molecule has 7 nitrogen and oxygen atoms in total. The molecule has 154 valence electrons. The van der Waals surface area contributed by atoms with Gasteiger partial charge in [0.15, 0.2) is 11.7 Å². The molecule has 0 radical (unpaired) electrons. The lowest BCUT2D eigenvalue weighted by molar-refractivity contribution is 0.0926. The zero-order valence-corrected chi connectivity index (χ0v) is 18.7. The molecule has 3 N–H and O–H groups in total. The standard InChI is InChI=1S/C19H33N5O2.HI/c1-2-20-19(22-10-8-15-24-13-5-3-4-6-14-24)23-12-11-21-18(25)17-9-7-16-26-17;/h7,9,16H,2-6,8,10-15H2,1H3,(H,21,25)(H2,20,22,23);1H. The minimum Gasteiger partial charge on any atom is -0.459 e. The molecule has 1 saturated heterocycles. The molecule has 1 aromatic heterocycles. The van der Waals surface area contributed by atoms with E-state index in [1.165, 1.54) is 45.0 Å². The number of carbonyl (C=O) groups is 1. The summed E-state index contributed by atoms with van der Waals surface area (Å²) in [7, 11) is 0. The maximum atomic E-state index is 11.8. The summed E-state index contributed by atoms with van der Waals surface area (Å²) in [5.74, 6) is 0.936. The summed E-state index contributed by atoms with van der Waals surface area (Å²) >= 11 is 0. The zero-order chi connectivity index (χ0) is 18.5. The first-order chi connectivity index (χ1) is 12.8. The van der Waals surface area contributed by atoms with E-state index in [9.17, 15) is 4.79 Å². The van der Waals surface area contributed by atoms with Crippen molar-refractivity contribution in [3.05, 3.63) is 24.2 Å². The van der Waals surface area contributed by atoms with E-state index in [-0.39, 0.29) is 29.9 Å². The Hall–Kier alpha value is -1.29. The van der Waals surface area contributed by atoms with Crippen LogP contribution in [0.3, 0.4) is 0 Å². The molecule has 1 fully saturated rings. The lowest BCUT2D eigenvalue weighted by atomic mass is 10.2. The predicted octanol–water partition coefficient (Wildman–Crippen LogP) is 2.45. The number of furan rings is 1. The largest absolute Gasteiger partial charge is 0.459 e. The van der Waals surface area contributed by atoms with Gasteiger partial charge >= 0.3 is 0 Å². The van der Waals surface area contributed by atoms with Gasteiger partial charge in [-0.1, -0.05) is 12.8 Å². The second-order valence-electron chi connectivity index (χ2n) is 6.53. The van der Waals surface area contributed by atoms with Crippen LogP contribution in [-0.2, 0) is 0 Å². The van der Waals surface area contributed by atoms with Crippen LogP contribution in [0.25, 0.3) is 0 Å². The number of amides is 1. The Morgan fingerprint density at radius 1 is 1.15 bits per heavy atom. The van der Waals surface area contributed by atoms with Crippen molar-refractivity contribution in [1.29, 1.82) is 0 Å². The van der Waals surface area contributed by atoms with Gasteiger partial charge in [-0.3, -0.25) is 9.79 Å². The smallest absolute Gasteiger partial charge is 0.287 e. The molecule has 0 saturated carbocycles. The summed E-state index contributed by atoms with van der Waals surface area (Å²) in [5.41, 5.74) is 0. The molecule has 0 aromatic carbocycles. The number of likely N-dealkylation sites (tertiary alicyclic amines) is 1. The summed E-state index contributed by atoms with van der Waals surface area (Å²) in [6.45, 7) is 8.40. The highest BCUT2D eigenvalue weighted by molar-refractivity contribution is 14.0. The highest BCUT2D eigenvalue weighted by atomic mass is 127. The third kappa shape index (κ3) is 9.99. The van der Waals surface area contributed by atoms with Crippen molar-refractivity contribution in [2.45, 2.75) is 39.0 Å². The summed E-state index contributed by atoms with van der Waals surface area (Å²) in [4.78, 5) is 19.0. The number of halogens is 1. The van der Waals surface area contributed by atoms with Crippen molar-refractivity contribution in [3.8, 4) is 0 Å². The van der Waals surface area contributed by atoms with Crippen molar-refractivity contribution < 1.29 is 9.21 Å². The van der Waals surface area contributed by atoms with Crippen LogP contribution in [-0.4, -0.2) is 62.6 Å². The van der Waals surface area contributed by atoms with Gasteiger partial charge in [0.2, 0.25) is 0 Å². The lowest BCUT2D eigenvalue weighted by Crippen LogP contribution is -2.41. The Bertz CT molecular complexity index is 528. The van der Waals surface area contributed by atoms with E-state index in [4.69, 9.17) is 4.42 Å². The van der Waals surface area contributed by atoms with E-state index in [2.05, 4.69) is 25.8 Å². The van der Waals surface area contributed by atoms with Gasteiger partial charge in [0.25, 0.3) is 5.91 Å².